The van der Waals surface area contributed by atoms with Crippen molar-refractivity contribution in [3.63, 3.8) is 0 Å². The Morgan fingerprint density at radius 3 is 2.65 bits per heavy atom. The number of hydrogen-bond donors (Lipinski definition) is 1. The molecule has 1 aromatic heterocycles. The van der Waals surface area contributed by atoms with E-state index >= 15 is 0 Å². The van der Waals surface area contributed by atoms with Gasteiger partial charge in [0.05, 0.1) is 6.02 Å². The predicted octanol–water partition coefficient (Wildman–Crippen LogP) is 1.61. The second-order valence-corrected chi connectivity index (χ2v) is 4.77. The van der Waals surface area contributed by atoms with E-state index in [1.54, 1.807) is 36.4 Å². The highest BCUT2D eigenvalue weighted by Crippen LogP contribution is 2.09. The summed E-state index contributed by atoms with van der Waals surface area (Å²) in [4.78, 5) is 3.77. The first-order chi connectivity index (χ1) is 11.2. The minimum absolute atomic E-state index is 0.0838. The first-order valence-electron chi connectivity index (χ1n) is 6.88. The van der Waals surface area contributed by atoms with Crippen LogP contribution in [0, 0.1) is 5.82 Å². The predicted molar refractivity (Wildman–Crippen MR) is 79.4 cm³/mol. The van der Waals surface area contributed by atoms with Gasteiger partial charge in [0.15, 0.2) is 0 Å². The summed E-state index contributed by atoms with van der Waals surface area (Å²) < 4.78 is 19.3. The van der Waals surface area contributed by atoms with Crippen molar-refractivity contribution in [1.29, 1.82) is 0 Å². The maximum Gasteiger partial charge on any atom is 0.322 e. The van der Waals surface area contributed by atoms with E-state index in [1.807, 2.05) is 6.07 Å². The van der Waals surface area contributed by atoms with Crippen molar-refractivity contribution in [2.45, 2.75) is 6.54 Å². The molecule has 0 fully saturated rings. The fraction of sp³-hybridized carbons (Fsp3) is 0.0625. The number of aromatic nitrogens is 2. The highest BCUT2D eigenvalue weighted by Gasteiger charge is 2.11. The molecular formula is C16H13FN4O2. The maximum absolute atomic E-state index is 12.9. The fourth-order valence-corrected chi connectivity index (χ4v) is 1.94. The molecule has 0 bridgehead atoms. The Hall–Kier alpha value is -3.22. The lowest BCUT2D eigenvalue weighted by atomic mass is 10.2. The number of rotatable bonds is 4. The van der Waals surface area contributed by atoms with Crippen LogP contribution in [0.15, 0.2) is 70.3 Å². The summed E-state index contributed by atoms with van der Waals surface area (Å²) in [6.45, 7) is 0.388. The molecule has 116 valence electrons. The van der Waals surface area contributed by atoms with Crippen LogP contribution < -0.4 is 15.1 Å². The Kier molecular flexibility index (Phi) is 4.28. The van der Waals surface area contributed by atoms with Gasteiger partial charge in [0.2, 0.25) is 11.8 Å². The van der Waals surface area contributed by atoms with Gasteiger partial charge in [0.1, 0.15) is 5.82 Å². The highest BCUT2D eigenvalue weighted by atomic mass is 19.1. The van der Waals surface area contributed by atoms with Gasteiger partial charge in [-0.3, -0.25) is 4.52 Å². The fourth-order valence-electron chi connectivity index (χ4n) is 1.94. The number of anilines is 1. The molecule has 1 heterocycles. The molecule has 0 saturated carbocycles. The third-order valence-electron chi connectivity index (χ3n) is 2.99. The molecule has 6 nitrogen and oxygen atoms in total. The number of amidine groups is 1. The summed E-state index contributed by atoms with van der Waals surface area (Å²) in [5.41, 5.74) is 1.49. The number of hydrogen-bond acceptors (Lipinski definition) is 4. The van der Waals surface area contributed by atoms with Gasteiger partial charge in [0.25, 0.3) is 6.20 Å². The zero-order chi connectivity index (χ0) is 16.1. The smallest absolute Gasteiger partial charge is 0.322 e. The monoisotopic (exact) mass is 312 g/mol. The van der Waals surface area contributed by atoms with Gasteiger partial charge in [-0.25, -0.2) is 9.38 Å². The summed E-state index contributed by atoms with van der Waals surface area (Å²) in [5, 5.41) is 18.1. The number of halogens is 1. The number of aliphatic imine (C=N–C) groups is 1. The molecule has 0 aliphatic heterocycles. The van der Waals surface area contributed by atoms with Crippen LogP contribution >= 0.6 is 0 Å². The number of para-hydroxylation sites is 1. The Balaban J connectivity index is 1.66. The standard InChI is InChI=1S/C16H13FN4O2/c17-13-8-6-12(7-9-13)10-21-11-15(23-20-21)19-16(22)18-14-4-2-1-3-5-14/h1-9,11H,10H2,(H-,18,19,20,22). The molecule has 3 aromatic rings. The third kappa shape index (κ3) is 4.13. The summed E-state index contributed by atoms with van der Waals surface area (Å²) in [7, 11) is 0. The van der Waals surface area contributed by atoms with Crippen LogP contribution in [-0.4, -0.2) is 11.3 Å². The van der Waals surface area contributed by atoms with Gasteiger partial charge in [-0.2, -0.15) is 0 Å². The second kappa shape index (κ2) is 6.69. The Morgan fingerprint density at radius 2 is 1.91 bits per heavy atom. The molecule has 2 aromatic carbocycles. The number of nitrogens with zero attached hydrogens (tertiary/aromatic N) is 3. The SMILES string of the molecule is [O-]/C(=N\c1c[n+](Cc2ccc(F)cc2)no1)Nc1ccccc1. The van der Waals surface area contributed by atoms with Gasteiger partial charge in [-0.1, -0.05) is 18.2 Å². The highest BCUT2D eigenvalue weighted by molar-refractivity contribution is 5.86. The van der Waals surface area contributed by atoms with Crippen molar-refractivity contribution in [1.82, 2.24) is 5.27 Å². The van der Waals surface area contributed by atoms with E-state index < -0.39 is 6.02 Å². The number of benzene rings is 2. The van der Waals surface area contributed by atoms with E-state index in [1.165, 1.54) is 23.0 Å². The minimum Gasteiger partial charge on any atom is -0.846 e. The van der Waals surface area contributed by atoms with E-state index in [9.17, 15) is 9.50 Å². The summed E-state index contributed by atoms with van der Waals surface area (Å²) >= 11 is 0. The molecule has 0 atom stereocenters. The van der Waals surface area contributed by atoms with Crippen LogP contribution in [0.4, 0.5) is 16.0 Å². The molecule has 0 aliphatic carbocycles. The van der Waals surface area contributed by atoms with Crippen molar-refractivity contribution in [2.24, 2.45) is 4.99 Å². The Labute approximate surface area is 131 Å². The van der Waals surface area contributed by atoms with E-state index in [0.29, 0.717) is 12.2 Å². The van der Waals surface area contributed by atoms with Crippen molar-refractivity contribution in [3.05, 3.63) is 72.2 Å². The van der Waals surface area contributed by atoms with Gasteiger partial charge in [-0.05, 0) is 41.1 Å². The summed E-state index contributed by atoms with van der Waals surface area (Å²) in [5.74, 6) is -0.215. The Bertz CT molecular complexity index is 800. The van der Waals surface area contributed by atoms with Crippen molar-refractivity contribution in [2.75, 3.05) is 5.32 Å². The lowest BCUT2D eigenvalue weighted by Gasteiger charge is -2.11. The molecule has 0 saturated heterocycles. The molecule has 1 N–H and O–H groups in total. The van der Waals surface area contributed by atoms with E-state index in [-0.39, 0.29) is 11.7 Å². The lowest BCUT2D eigenvalue weighted by molar-refractivity contribution is -0.754. The van der Waals surface area contributed by atoms with Crippen molar-refractivity contribution in [3.8, 4) is 0 Å². The van der Waals surface area contributed by atoms with E-state index in [2.05, 4.69) is 15.6 Å². The first-order valence-corrected chi connectivity index (χ1v) is 6.88. The number of nitrogens with one attached hydrogen (secondary N) is 1. The maximum atomic E-state index is 12.9. The van der Waals surface area contributed by atoms with Crippen LogP contribution in [0.2, 0.25) is 0 Å². The molecule has 3 rings (SSSR count). The van der Waals surface area contributed by atoms with Crippen LogP contribution in [0.3, 0.4) is 0 Å². The molecule has 23 heavy (non-hydrogen) atoms. The van der Waals surface area contributed by atoms with Crippen LogP contribution in [0.25, 0.3) is 0 Å². The van der Waals surface area contributed by atoms with Crippen LogP contribution in [0.5, 0.6) is 0 Å². The van der Waals surface area contributed by atoms with Gasteiger partial charge in [0, 0.05) is 11.3 Å². The molecule has 0 aliphatic rings. The lowest BCUT2D eigenvalue weighted by Crippen LogP contribution is -2.35. The largest absolute Gasteiger partial charge is 0.846 e. The molecule has 7 heteroatoms. The summed E-state index contributed by atoms with van der Waals surface area (Å²) in [6.07, 6.45) is 1.49. The normalized spacial score (nSPS) is 11.4. The van der Waals surface area contributed by atoms with E-state index in [4.69, 9.17) is 4.52 Å². The van der Waals surface area contributed by atoms with Gasteiger partial charge >= 0.3 is 5.88 Å². The van der Waals surface area contributed by atoms with Gasteiger partial charge < -0.3 is 10.4 Å². The van der Waals surface area contributed by atoms with Gasteiger partial charge in [-0.15, -0.1) is 0 Å². The molecule has 0 unspecified atom stereocenters. The van der Waals surface area contributed by atoms with Crippen molar-refractivity contribution >= 4 is 17.6 Å². The van der Waals surface area contributed by atoms with Crippen LogP contribution in [0.1, 0.15) is 5.56 Å². The topological polar surface area (TPSA) is 77.4 Å². The first kappa shape index (κ1) is 14.7. The summed E-state index contributed by atoms with van der Waals surface area (Å²) in [6, 6.07) is 14.4. The van der Waals surface area contributed by atoms with E-state index in [0.717, 1.165) is 5.56 Å². The molecule has 0 radical (unpaired) electrons. The average Bonchev–Trinajstić information content (AvgIpc) is 2.97. The minimum atomic E-state index is -0.554. The Morgan fingerprint density at radius 1 is 1.17 bits per heavy atom. The molecular weight excluding hydrogens is 299 g/mol. The zero-order valence-corrected chi connectivity index (χ0v) is 12.0. The zero-order valence-electron chi connectivity index (χ0n) is 12.0. The second-order valence-electron chi connectivity index (χ2n) is 4.77. The quantitative estimate of drug-likeness (QED) is 0.451. The van der Waals surface area contributed by atoms with Crippen molar-refractivity contribution < 1.29 is 18.7 Å². The van der Waals surface area contributed by atoms with Crippen LogP contribution in [-0.2, 0) is 6.54 Å². The third-order valence-corrected chi connectivity index (χ3v) is 2.99. The molecule has 0 amide bonds. The molecule has 0 spiro atoms. The average molecular weight is 312 g/mol.